The molecule has 0 aromatic heterocycles. The molecular weight excluding hydrogens is 259 g/mol. The van der Waals surface area contributed by atoms with E-state index >= 15 is 0 Å². The number of aliphatic carboxylic acids is 1. The van der Waals surface area contributed by atoms with E-state index in [1.54, 1.807) is 19.1 Å². The topological polar surface area (TPSA) is 43.8 Å². The molecule has 4 nitrogen and oxygen atoms in total. The second kappa shape index (κ2) is 6.81. The Morgan fingerprint density at radius 1 is 1.30 bits per heavy atom. The van der Waals surface area contributed by atoms with Gasteiger partial charge in [-0.15, -0.1) is 0 Å². The molecule has 1 heterocycles. The Hall–Kier alpha value is -1.46. The van der Waals surface area contributed by atoms with Gasteiger partial charge in [-0.2, -0.15) is 0 Å². The summed E-state index contributed by atoms with van der Waals surface area (Å²) in [6, 6.07) is 6.69. The first-order chi connectivity index (χ1) is 9.54. The SMILES string of the molecule is CC(CN1CCN(Cc2cccc(F)c2)CC1)C(=O)O. The van der Waals surface area contributed by atoms with E-state index in [2.05, 4.69) is 9.80 Å². The molecule has 1 unspecified atom stereocenters. The molecule has 1 aromatic rings. The molecule has 1 N–H and O–H groups in total. The Balaban J connectivity index is 1.78. The fraction of sp³-hybridized carbons (Fsp3) is 0.533. The Labute approximate surface area is 118 Å². The second-order valence-electron chi connectivity index (χ2n) is 5.45. The van der Waals surface area contributed by atoms with Crippen LogP contribution in [-0.2, 0) is 11.3 Å². The summed E-state index contributed by atoms with van der Waals surface area (Å²) in [4.78, 5) is 15.3. The average Bonchev–Trinajstić information content (AvgIpc) is 2.41. The number of halogens is 1. The van der Waals surface area contributed by atoms with Gasteiger partial charge in [-0.3, -0.25) is 14.6 Å². The summed E-state index contributed by atoms with van der Waals surface area (Å²) in [5.74, 6) is -1.27. The lowest BCUT2D eigenvalue weighted by atomic mass is 10.1. The highest BCUT2D eigenvalue weighted by molar-refractivity contribution is 5.69. The van der Waals surface area contributed by atoms with Crippen molar-refractivity contribution in [3.8, 4) is 0 Å². The third-order valence-electron chi connectivity index (χ3n) is 3.71. The lowest BCUT2D eigenvalue weighted by Crippen LogP contribution is -2.47. The van der Waals surface area contributed by atoms with Crippen molar-refractivity contribution in [1.82, 2.24) is 9.80 Å². The normalized spacial score (nSPS) is 18.9. The maximum atomic E-state index is 13.1. The van der Waals surface area contributed by atoms with Crippen LogP contribution in [0, 0.1) is 11.7 Å². The van der Waals surface area contributed by atoms with Crippen molar-refractivity contribution < 1.29 is 14.3 Å². The van der Waals surface area contributed by atoms with Crippen molar-refractivity contribution in [2.75, 3.05) is 32.7 Å². The zero-order valence-electron chi connectivity index (χ0n) is 11.8. The minimum absolute atomic E-state index is 0.198. The molecule has 5 heteroatoms. The predicted octanol–water partition coefficient (Wildman–Crippen LogP) is 1.66. The van der Waals surface area contributed by atoms with Gasteiger partial charge in [0.2, 0.25) is 0 Å². The van der Waals surface area contributed by atoms with E-state index < -0.39 is 5.97 Å². The van der Waals surface area contributed by atoms with E-state index in [9.17, 15) is 9.18 Å². The molecule has 0 amide bonds. The molecule has 110 valence electrons. The van der Waals surface area contributed by atoms with Gasteiger partial charge in [0.15, 0.2) is 0 Å². The largest absolute Gasteiger partial charge is 0.481 e. The molecule has 0 radical (unpaired) electrons. The van der Waals surface area contributed by atoms with Crippen molar-refractivity contribution in [3.63, 3.8) is 0 Å². The highest BCUT2D eigenvalue weighted by atomic mass is 19.1. The lowest BCUT2D eigenvalue weighted by molar-refractivity contribution is -0.141. The number of nitrogens with zero attached hydrogens (tertiary/aromatic N) is 2. The van der Waals surface area contributed by atoms with Crippen molar-refractivity contribution in [2.45, 2.75) is 13.5 Å². The molecule has 1 fully saturated rings. The summed E-state index contributed by atoms with van der Waals surface area (Å²) >= 11 is 0. The summed E-state index contributed by atoms with van der Waals surface area (Å²) in [6.07, 6.45) is 0. The van der Waals surface area contributed by atoms with Crippen molar-refractivity contribution in [1.29, 1.82) is 0 Å². The first-order valence-corrected chi connectivity index (χ1v) is 6.96. The summed E-state index contributed by atoms with van der Waals surface area (Å²) in [5.41, 5.74) is 0.984. The van der Waals surface area contributed by atoms with Gasteiger partial charge in [-0.05, 0) is 17.7 Å². The van der Waals surface area contributed by atoms with Gasteiger partial charge in [0.25, 0.3) is 0 Å². The van der Waals surface area contributed by atoms with Crippen LogP contribution in [0.1, 0.15) is 12.5 Å². The first-order valence-electron chi connectivity index (χ1n) is 6.96. The molecule has 20 heavy (non-hydrogen) atoms. The predicted molar refractivity (Wildman–Crippen MR) is 74.9 cm³/mol. The zero-order chi connectivity index (χ0) is 14.5. The van der Waals surface area contributed by atoms with Crippen molar-refractivity contribution in [3.05, 3.63) is 35.6 Å². The van der Waals surface area contributed by atoms with Gasteiger partial charge < -0.3 is 5.11 Å². The van der Waals surface area contributed by atoms with Crippen LogP contribution in [0.4, 0.5) is 4.39 Å². The van der Waals surface area contributed by atoms with E-state index in [-0.39, 0.29) is 11.7 Å². The van der Waals surface area contributed by atoms with Crippen molar-refractivity contribution in [2.24, 2.45) is 5.92 Å². The van der Waals surface area contributed by atoms with Crippen LogP contribution in [0.25, 0.3) is 0 Å². The molecule has 2 rings (SSSR count). The lowest BCUT2D eigenvalue weighted by Gasteiger charge is -2.35. The van der Waals surface area contributed by atoms with Crippen LogP contribution >= 0.6 is 0 Å². The molecule has 1 saturated heterocycles. The number of carbonyl (C=O) groups is 1. The van der Waals surface area contributed by atoms with Crippen LogP contribution in [0.2, 0.25) is 0 Å². The Bertz CT molecular complexity index is 459. The average molecular weight is 280 g/mol. The summed E-state index contributed by atoms with van der Waals surface area (Å²) in [5, 5.41) is 8.91. The quantitative estimate of drug-likeness (QED) is 0.891. The smallest absolute Gasteiger partial charge is 0.307 e. The highest BCUT2D eigenvalue weighted by Crippen LogP contribution is 2.11. The fourth-order valence-corrected chi connectivity index (χ4v) is 2.49. The fourth-order valence-electron chi connectivity index (χ4n) is 2.49. The Morgan fingerprint density at radius 2 is 1.95 bits per heavy atom. The van der Waals surface area contributed by atoms with Gasteiger partial charge in [0.1, 0.15) is 5.82 Å². The van der Waals surface area contributed by atoms with E-state index in [4.69, 9.17) is 5.11 Å². The monoisotopic (exact) mass is 280 g/mol. The minimum Gasteiger partial charge on any atom is -0.481 e. The number of carboxylic acid groups (broad SMARTS) is 1. The summed E-state index contributed by atoms with van der Waals surface area (Å²) in [6.45, 7) is 6.61. The number of hydrogen-bond donors (Lipinski definition) is 1. The molecule has 1 aliphatic heterocycles. The van der Waals surface area contributed by atoms with Gasteiger partial charge in [0, 0.05) is 39.3 Å². The Kier molecular flexibility index (Phi) is 5.09. The first kappa shape index (κ1) is 14.9. The standard InChI is InChI=1S/C15H21FN2O2/c1-12(15(19)20)10-17-5-7-18(8-6-17)11-13-3-2-4-14(16)9-13/h2-4,9,12H,5-8,10-11H2,1H3,(H,19,20). The van der Waals surface area contributed by atoms with Crippen molar-refractivity contribution >= 4 is 5.97 Å². The zero-order valence-corrected chi connectivity index (χ0v) is 11.8. The van der Waals surface area contributed by atoms with E-state index in [0.29, 0.717) is 6.54 Å². The maximum Gasteiger partial charge on any atom is 0.307 e. The van der Waals surface area contributed by atoms with Crippen LogP contribution < -0.4 is 0 Å². The van der Waals surface area contributed by atoms with E-state index in [1.807, 2.05) is 6.07 Å². The maximum absolute atomic E-state index is 13.1. The second-order valence-corrected chi connectivity index (χ2v) is 5.45. The molecule has 1 aromatic carbocycles. The number of piperazine rings is 1. The number of rotatable bonds is 5. The van der Waals surface area contributed by atoms with Gasteiger partial charge in [0.05, 0.1) is 5.92 Å². The molecule has 0 aliphatic carbocycles. The highest BCUT2D eigenvalue weighted by Gasteiger charge is 2.21. The molecule has 1 atom stereocenters. The number of carboxylic acids is 1. The molecule has 0 saturated carbocycles. The number of hydrogen-bond acceptors (Lipinski definition) is 3. The molecule has 0 bridgehead atoms. The molecule has 0 spiro atoms. The van der Waals surface area contributed by atoms with Crippen LogP contribution in [0.15, 0.2) is 24.3 Å². The summed E-state index contributed by atoms with van der Waals surface area (Å²) < 4.78 is 13.1. The molecular formula is C15H21FN2O2. The van der Waals surface area contributed by atoms with Crippen LogP contribution in [0.3, 0.4) is 0 Å². The third kappa shape index (κ3) is 4.28. The third-order valence-corrected chi connectivity index (χ3v) is 3.71. The van der Waals surface area contributed by atoms with E-state index in [1.165, 1.54) is 6.07 Å². The summed E-state index contributed by atoms with van der Waals surface area (Å²) in [7, 11) is 0. The Morgan fingerprint density at radius 3 is 2.55 bits per heavy atom. The number of benzene rings is 1. The van der Waals surface area contributed by atoms with Gasteiger partial charge in [-0.25, -0.2) is 4.39 Å². The molecule has 1 aliphatic rings. The minimum atomic E-state index is -0.743. The van der Waals surface area contributed by atoms with Gasteiger partial charge in [-0.1, -0.05) is 19.1 Å². The van der Waals surface area contributed by atoms with Crippen LogP contribution in [0.5, 0.6) is 0 Å². The van der Waals surface area contributed by atoms with Crippen LogP contribution in [-0.4, -0.2) is 53.6 Å². The van der Waals surface area contributed by atoms with E-state index in [0.717, 1.165) is 38.3 Å². The van der Waals surface area contributed by atoms with Gasteiger partial charge >= 0.3 is 5.97 Å².